The monoisotopic (exact) mass is 263 g/mol. The van der Waals surface area contributed by atoms with Crippen molar-refractivity contribution < 1.29 is 9.53 Å². The predicted molar refractivity (Wildman–Crippen MR) is 68.8 cm³/mol. The summed E-state index contributed by atoms with van der Waals surface area (Å²) in [5, 5.41) is 0. The minimum Gasteiger partial charge on any atom is -0.371 e. The molecule has 0 aromatic heterocycles. The number of rotatable bonds is 1. The highest BCUT2D eigenvalue weighted by atomic mass is 35.5. The summed E-state index contributed by atoms with van der Waals surface area (Å²) in [4.78, 5) is 13.4. The fourth-order valence-corrected chi connectivity index (χ4v) is 1.82. The molecular formula is C11H15Cl2NO2. The van der Waals surface area contributed by atoms with Crippen LogP contribution in [0.25, 0.3) is 0 Å². The molecule has 90 valence electrons. The largest absolute Gasteiger partial charge is 0.371 e. The zero-order valence-electron chi connectivity index (χ0n) is 9.17. The molecule has 16 heavy (non-hydrogen) atoms. The summed E-state index contributed by atoms with van der Waals surface area (Å²) in [6.45, 7) is 0. The van der Waals surface area contributed by atoms with Gasteiger partial charge in [0.2, 0.25) is 0 Å². The van der Waals surface area contributed by atoms with Crippen molar-refractivity contribution in [2.75, 3.05) is 19.1 Å². The molecule has 1 amide bonds. The highest BCUT2D eigenvalue weighted by molar-refractivity contribution is 5.99. The Labute approximate surface area is 108 Å². The molecule has 1 unspecified atom stereocenters. The van der Waals surface area contributed by atoms with E-state index in [4.69, 9.17) is 4.74 Å². The van der Waals surface area contributed by atoms with Crippen molar-refractivity contribution in [1.29, 1.82) is 0 Å². The van der Waals surface area contributed by atoms with Crippen LogP contribution in [0.4, 0.5) is 5.69 Å². The van der Waals surface area contributed by atoms with Crippen LogP contribution in [0, 0.1) is 0 Å². The van der Waals surface area contributed by atoms with E-state index in [1.807, 2.05) is 24.3 Å². The number of likely N-dealkylation sites (N-methyl/N-ethyl adjacent to an activating group) is 1. The molecule has 5 heteroatoms. The van der Waals surface area contributed by atoms with E-state index in [1.165, 1.54) is 5.56 Å². The van der Waals surface area contributed by atoms with E-state index in [9.17, 15) is 4.79 Å². The first-order valence-corrected chi connectivity index (χ1v) is 4.62. The van der Waals surface area contributed by atoms with Gasteiger partial charge in [-0.25, -0.2) is 0 Å². The molecule has 0 saturated carbocycles. The number of benzene rings is 1. The van der Waals surface area contributed by atoms with Crippen LogP contribution in [-0.4, -0.2) is 26.2 Å². The second kappa shape index (κ2) is 6.09. The van der Waals surface area contributed by atoms with Gasteiger partial charge >= 0.3 is 0 Å². The normalized spacial score (nSPS) is 18.2. The molecule has 0 fully saturated rings. The van der Waals surface area contributed by atoms with E-state index in [0.29, 0.717) is 6.42 Å². The Morgan fingerprint density at radius 1 is 1.31 bits per heavy atom. The standard InChI is InChI=1S/C11H13NO2.2ClH/c1-12-9-6-4-3-5-8(9)7-10(14-2)11(12)13;;/h3-6,10H,7H2,1-2H3;2*1H. The van der Waals surface area contributed by atoms with Crippen LogP contribution in [0.1, 0.15) is 5.56 Å². The molecule has 1 aliphatic heterocycles. The smallest absolute Gasteiger partial charge is 0.256 e. The van der Waals surface area contributed by atoms with Crippen molar-refractivity contribution in [2.45, 2.75) is 12.5 Å². The first-order chi connectivity index (χ1) is 6.74. The van der Waals surface area contributed by atoms with Crippen molar-refractivity contribution >= 4 is 36.4 Å². The number of nitrogens with zero attached hydrogens (tertiary/aromatic N) is 1. The zero-order chi connectivity index (χ0) is 10.1. The SMILES string of the molecule is COC1Cc2ccccc2N(C)C1=O.Cl.Cl. The fraction of sp³-hybridized carbons (Fsp3) is 0.364. The van der Waals surface area contributed by atoms with Gasteiger partial charge in [0.25, 0.3) is 5.91 Å². The van der Waals surface area contributed by atoms with E-state index >= 15 is 0 Å². The van der Waals surface area contributed by atoms with Crippen LogP contribution in [0.2, 0.25) is 0 Å². The molecule has 2 rings (SSSR count). The van der Waals surface area contributed by atoms with Gasteiger partial charge in [-0.3, -0.25) is 4.79 Å². The first-order valence-electron chi connectivity index (χ1n) is 4.62. The lowest BCUT2D eigenvalue weighted by Crippen LogP contribution is -2.43. The van der Waals surface area contributed by atoms with Crippen molar-refractivity contribution in [3.05, 3.63) is 29.8 Å². The van der Waals surface area contributed by atoms with Gasteiger partial charge in [0, 0.05) is 26.3 Å². The number of halogens is 2. The quantitative estimate of drug-likeness (QED) is 0.777. The molecule has 0 saturated heterocycles. The molecule has 1 heterocycles. The fourth-order valence-electron chi connectivity index (χ4n) is 1.82. The van der Waals surface area contributed by atoms with Gasteiger partial charge in [-0.1, -0.05) is 18.2 Å². The highest BCUT2D eigenvalue weighted by Crippen LogP contribution is 2.27. The summed E-state index contributed by atoms with van der Waals surface area (Å²) in [6.07, 6.45) is 0.352. The van der Waals surface area contributed by atoms with Crippen molar-refractivity contribution in [2.24, 2.45) is 0 Å². The van der Waals surface area contributed by atoms with Crippen molar-refractivity contribution in [1.82, 2.24) is 0 Å². The van der Waals surface area contributed by atoms with E-state index in [2.05, 4.69) is 0 Å². The van der Waals surface area contributed by atoms with Gasteiger partial charge in [-0.05, 0) is 11.6 Å². The van der Waals surface area contributed by atoms with E-state index in [-0.39, 0.29) is 36.8 Å². The number of hydrogen-bond acceptors (Lipinski definition) is 2. The van der Waals surface area contributed by atoms with Crippen LogP contribution in [0.5, 0.6) is 0 Å². The number of amides is 1. The van der Waals surface area contributed by atoms with Crippen molar-refractivity contribution in [3.8, 4) is 0 Å². The summed E-state index contributed by atoms with van der Waals surface area (Å²) in [6, 6.07) is 7.91. The third-order valence-electron chi connectivity index (χ3n) is 2.65. The van der Waals surface area contributed by atoms with Gasteiger partial charge in [-0.15, -0.1) is 24.8 Å². The number of ether oxygens (including phenoxy) is 1. The van der Waals surface area contributed by atoms with Crippen LogP contribution < -0.4 is 4.90 Å². The summed E-state index contributed by atoms with van der Waals surface area (Å²) in [5.74, 6) is 0.0335. The Balaban J connectivity index is 0.00000112. The zero-order valence-corrected chi connectivity index (χ0v) is 10.8. The molecule has 0 N–H and O–H groups in total. The third kappa shape index (κ3) is 2.48. The molecule has 3 nitrogen and oxygen atoms in total. The summed E-state index contributed by atoms with van der Waals surface area (Å²) >= 11 is 0. The number of fused-ring (bicyclic) bond motifs is 1. The second-order valence-electron chi connectivity index (χ2n) is 3.45. The number of anilines is 1. The van der Waals surface area contributed by atoms with Gasteiger partial charge in [0.15, 0.2) is 0 Å². The first kappa shape index (κ1) is 15.2. The lowest BCUT2D eigenvalue weighted by molar-refractivity contribution is -0.128. The van der Waals surface area contributed by atoms with Gasteiger partial charge < -0.3 is 9.64 Å². The second-order valence-corrected chi connectivity index (χ2v) is 3.45. The van der Waals surface area contributed by atoms with Crippen LogP contribution in [-0.2, 0) is 16.0 Å². The molecule has 1 atom stereocenters. The number of hydrogen-bond donors (Lipinski definition) is 0. The minimum absolute atomic E-state index is 0. The Morgan fingerprint density at radius 3 is 2.56 bits per heavy atom. The Bertz CT molecular complexity index is 371. The van der Waals surface area contributed by atoms with Gasteiger partial charge in [0.05, 0.1) is 0 Å². The van der Waals surface area contributed by atoms with Gasteiger partial charge in [0.1, 0.15) is 6.10 Å². The van der Waals surface area contributed by atoms with Gasteiger partial charge in [-0.2, -0.15) is 0 Å². The topological polar surface area (TPSA) is 29.5 Å². The predicted octanol–water partition coefficient (Wildman–Crippen LogP) is 2.06. The molecule has 0 radical (unpaired) electrons. The number of para-hydroxylation sites is 1. The number of carbonyl (C=O) groups is 1. The maximum atomic E-state index is 11.7. The van der Waals surface area contributed by atoms with Crippen molar-refractivity contribution in [3.63, 3.8) is 0 Å². The number of carbonyl (C=O) groups excluding carboxylic acids is 1. The van der Waals surface area contributed by atoms with Crippen LogP contribution in [0.3, 0.4) is 0 Å². The molecule has 1 aliphatic rings. The maximum absolute atomic E-state index is 11.7. The molecule has 1 aromatic carbocycles. The Hall–Kier alpha value is -0.770. The van der Waals surface area contributed by atoms with Crippen LogP contribution >= 0.6 is 24.8 Å². The summed E-state index contributed by atoms with van der Waals surface area (Å²) in [5.41, 5.74) is 2.16. The molecular weight excluding hydrogens is 249 g/mol. The number of methoxy groups -OCH3 is 1. The lowest BCUT2D eigenvalue weighted by atomic mass is 9.99. The summed E-state index contributed by atoms with van der Waals surface area (Å²) < 4.78 is 5.14. The maximum Gasteiger partial charge on any atom is 0.256 e. The highest BCUT2D eigenvalue weighted by Gasteiger charge is 2.29. The molecule has 0 bridgehead atoms. The Morgan fingerprint density at radius 2 is 1.94 bits per heavy atom. The van der Waals surface area contributed by atoms with E-state index < -0.39 is 0 Å². The lowest BCUT2D eigenvalue weighted by Gasteiger charge is -2.30. The van der Waals surface area contributed by atoms with Crippen LogP contribution in [0.15, 0.2) is 24.3 Å². The average molecular weight is 264 g/mol. The molecule has 0 spiro atoms. The minimum atomic E-state index is -0.324. The molecule has 1 aromatic rings. The molecule has 0 aliphatic carbocycles. The van der Waals surface area contributed by atoms with E-state index in [0.717, 1.165) is 5.69 Å². The Kier molecular flexibility index (Phi) is 5.79. The van der Waals surface area contributed by atoms with E-state index in [1.54, 1.807) is 19.1 Å². The third-order valence-corrected chi connectivity index (χ3v) is 2.65. The summed E-state index contributed by atoms with van der Waals surface area (Å²) in [7, 11) is 3.36. The average Bonchev–Trinajstić information content (AvgIpc) is 2.23.